The Labute approximate surface area is 150 Å². The summed E-state index contributed by atoms with van der Waals surface area (Å²) in [5.41, 5.74) is 5.11. The van der Waals surface area contributed by atoms with Gasteiger partial charge in [0.15, 0.2) is 6.73 Å². The fourth-order valence-electron chi connectivity index (χ4n) is 2.90. The number of nitrogens with one attached hydrogen (secondary N) is 1. The molecule has 2 aliphatic heterocycles. The van der Waals surface area contributed by atoms with Gasteiger partial charge in [-0.1, -0.05) is 0 Å². The molecule has 0 aromatic rings. The largest absolute Gasteiger partial charge is 0.443 e. The molecule has 2 unspecified atom stereocenters. The minimum atomic E-state index is -0.705. The lowest BCUT2D eigenvalue weighted by molar-refractivity contribution is -0.164. The van der Waals surface area contributed by atoms with Crippen LogP contribution in [0.25, 0.3) is 0 Å². The molecule has 4 amide bonds. The van der Waals surface area contributed by atoms with Crippen molar-refractivity contribution in [3.8, 4) is 0 Å². The lowest BCUT2D eigenvalue weighted by Crippen LogP contribution is -2.62. The number of hydrogen-bond donors (Lipinski definition) is 2. The molecular weight excluding hydrogens is 346 g/mol. The Morgan fingerprint density at radius 1 is 1.00 bits per heavy atom. The van der Waals surface area contributed by atoms with E-state index >= 15 is 0 Å². The highest BCUT2D eigenvalue weighted by atomic mass is 16.5. The molecule has 26 heavy (non-hydrogen) atoms. The maximum absolute atomic E-state index is 12.2. The quantitative estimate of drug-likeness (QED) is 0.366. The van der Waals surface area contributed by atoms with Crippen LogP contribution in [0, 0.1) is 0 Å². The van der Waals surface area contributed by atoms with E-state index in [1.807, 2.05) is 13.8 Å². The predicted octanol–water partition coefficient (Wildman–Crippen LogP) is -3.15. The highest BCUT2D eigenvalue weighted by Crippen LogP contribution is 2.16. The zero-order valence-electron chi connectivity index (χ0n) is 14.8. The van der Waals surface area contributed by atoms with Gasteiger partial charge in [0, 0.05) is 12.1 Å². The van der Waals surface area contributed by atoms with Crippen molar-refractivity contribution in [2.24, 2.45) is 5.73 Å². The van der Waals surface area contributed by atoms with Gasteiger partial charge in [-0.25, -0.2) is 4.90 Å². The molecule has 0 bridgehead atoms. The number of carbonyl (C=O) groups is 5. The normalized spacial score (nSPS) is 22.2. The molecule has 2 rings (SSSR count). The number of hydrogen-bond acceptors (Lipinski definition) is 9. The molecule has 144 valence electrons. The van der Waals surface area contributed by atoms with Gasteiger partial charge in [0.2, 0.25) is 23.6 Å². The first-order valence-electron chi connectivity index (χ1n) is 8.22. The fourth-order valence-corrected chi connectivity index (χ4v) is 2.90. The van der Waals surface area contributed by atoms with E-state index in [-0.39, 0.29) is 56.6 Å². The number of piperazine rings is 2. The third-order valence-corrected chi connectivity index (χ3v) is 4.62. The van der Waals surface area contributed by atoms with Gasteiger partial charge in [-0.05, 0) is 13.8 Å². The zero-order valence-corrected chi connectivity index (χ0v) is 14.8. The van der Waals surface area contributed by atoms with Crippen LogP contribution in [0.4, 0.5) is 0 Å². The van der Waals surface area contributed by atoms with Crippen molar-refractivity contribution in [3.63, 3.8) is 0 Å². The molecule has 0 aromatic carbocycles. The smallest absolute Gasteiger partial charge is 0.321 e. The summed E-state index contributed by atoms with van der Waals surface area (Å²) in [6, 6.07) is -0.484. The van der Waals surface area contributed by atoms with E-state index in [4.69, 9.17) is 10.5 Å². The van der Waals surface area contributed by atoms with Crippen LogP contribution in [0.15, 0.2) is 0 Å². The zero-order chi connectivity index (χ0) is 19.4. The molecule has 2 fully saturated rings. The second kappa shape index (κ2) is 8.34. The van der Waals surface area contributed by atoms with E-state index in [2.05, 4.69) is 5.32 Å². The average Bonchev–Trinajstić information content (AvgIpc) is 2.58. The third-order valence-electron chi connectivity index (χ3n) is 4.62. The van der Waals surface area contributed by atoms with Crippen LogP contribution in [0.2, 0.25) is 0 Å². The molecule has 2 aliphatic rings. The molecular formula is C15H23N5O6. The standard InChI is InChI=1S/C15H23N5O6/c1-9(18-4-11(21)17-12(22)5-18)10(2)19-6-13(23)20(14(24)7-19)8-26-15(25)3-16/h9-10H,3-8,16H2,1-2H3,(H,17,21,22). The second-order valence-electron chi connectivity index (χ2n) is 6.33. The second-order valence-corrected chi connectivity index (χ2v) is 6.33. The molecule has 2 saturated heterocycles. The van der Waals surface area contributed by atoms with Gasteiger partial charge in [0.05, 0.1) is 32.7 Å². The molecule has 0 saturated carbocycles. The fraction of sp³-hybridized carbons (Fsp3) is 0.667. The van der Waals surface area contributed by atoms with Gasteiger partial charge in [-0.15, -0.1) is 0 Å². The van der Waals surface area contributed by atoms with E-state index in [1.54, 1.807) is 9.80 Å². The number of nitrogens with zero attached hydrogens (tertiary/aromatic N) is 3. The Hall–Kier alpha value is -2.37. The SMILES string of the molecule is CC(C(C)N1CC(=O)N(COC(=O)CN)C(=O)C1)N1CC(=O)NC(=O)C1. The number of amides is 4. The van der Waals surface area contributed by atoms with Crippen LogP contribution >= 0.6 is 0 Å². The summed E-state index contributed by atoms with van der Waals surface area (Å²) in [5.74, 6) is -2.43. The topological polar surface area (TPSA) is 142 Å². The first-order chi connectivity index (χ1) is 12.2. The van der Waals surface area contributed by atoms with Crippen molar-refractivity contribution in [3.05, 3.63) is 0 Å². The van der Waals surface area contributed by atoms with Crippen molar-refractivity contribution in [1.29, 1.82) is 0 Å². The van der Waals surface area contributed by atoms with Gasteiger partial charge in [-0.3, -0.25) is 39.1 Å². The Kier molecular flexibility index (Phi) is 6.40. The van der Waals surface area contributed by atoms with Gasteiger partial charge >= 0.3 is 5.97 Å². The lowest BCUT2D eigenvalue weighted by atomic mass is 10.1. The maximum Gasteiger partial charge on any atom is 0.321 e. The monoisotopic (exact) mass is 369 g/mol. The van der Waals surface area contributed by atoms with Crippen LogP contribution in [-0.4, -0.2) is 95.8 Å². The Bertz CT molecular complexity index is 590. The molecule has 0 radical (unpaired) electrons. The average molecular weight is 369 g/mol. The van der Waals surface area contributed by atoms with E-state index in [1.165, 1.54) is 0 Å². The van der Waals surface area contributed by atoms with Crippen LogP contribution in [0.3, 0.4) is 0 Å². The predicted molar refractivity (Wildman–Crippen MR) is 87.1 cm³/mol. The molecule has 0 aromatic heterocycles. The molecule has 3 N–H and O–H groups in total. The minimum Gasteiger partial charge on any atom is -0.443 e. The molecule has 11 heteroatoms. The van der Waals surface area contributed by atoms with Crippen molar-refractivity contribution >= 4 is 29.6 Å². The number of nitrogens with two attached hydrogens (primary N) is 1. The summed E-state index contributed by atoms with van der Waals surface area (Å²) in [5, 5.41) is 2.23. The van der Waals surface area contributed by atoms with Crippen LogP contribution in [0.5, 0.6) is 0 Å². The number of carbonyl (C=O) groups excluding carboxylic acids is 5. The number of esters is 1. The first-order valence-corrected chi connectivity index (χ1v) is 8.22. The Balaban J connectivity index is 1.96. The van der Waals surface area contributed by atoms with Crippen molar-refractivity contribution in [2.45, 2.75) is 25.9 Å². The van der Waals surface area contributed by atoms with E-state index in [0.717, 1.165) is 4.90 Å². The first kappa shape index (κ1) is 19.9. The third kappa shape index (κ3) is 4.62. The molecule has 11 nitrogen and oxygen atoms in total. The van der Waals surface area contributed by atoms with Crippen LogP contribution < -0.4 is 11.1 Å². The summed E-state index contributed by atoms with van der Waals surface area (Å²) in [7, 11) is 0. The summed E-state index contributed by atoms with van der Waals surface area (Å²) < 4.78 is 4.75. The van der Waals surface area contributed by atoms with E-state index in [0.29, 0.717) is 0 Å². The van der Waals surface area contributed by atoms with Gasteiger partial charge < -0.3 is 10.5 Å². The maximum atomic E-state index is 12.2. The highest BCUT2D eigenvalue weighted by molar-refractivity contribution is 6.00. The van der Waals surface area contributed by atoms with Crippen molar-refractivity contribution in [2.75, 3.05) is 39.5 Å². The van der Waals surface area contributed by atoms with Gasteiger partial charge in [0.1, 0.15) is 0 Å². The van der Waals surface area contributed by atoms with Crippen LogP contribution in [0.1, 0.15) is 13.8 Å². The molecule has 0 aliphatic carbocycles. The van der Waals surface area contributed by atoms with Crippen molar-refractivity contribution in [1.82, 2.24) is 20.0 Å². The summed E-state index contributed by atoms with van der Waals surface area (Å²) in [6.45, 7) is 2.96. The summed E-state index contributed by atoms with van der Waals surface area (Å²) >= 11 is 0. The molecule has 2 heterocycles. The van der Waals surface area contributed by atoms with Gasteiger partial charge in [0.25, 0.3) is 0 Å². The minimum absolute atomic E-state index is 0.0363. The number of imide groups is 2. The Morgan fingerprint density at radius 3 is 1.92 bits per heavy atom. The molecule has 2 atom stereocenters. The van der Waals surface area contributed by atoms with Crippen molar-refractivity contribution < 1.29 is 28.7 Å². The van der Waals surface area contributed by atoms with Crippen LogP contribution in [-0.2, 0) is 28.7 Å². The number of rotatable bonds is 6. The van der Waals surface area contributed by atoms with Gasteiger partial charge in [-0.2, -0.15) is 0 Å². The van der Waals surface area contributed by atoms with E-state index < -0.39 is 24.5 Å². The highest BCUT2D eigenvalue weighted by Gasteiger charge is 2.37. The number of ether oxygens (including phenoxy) is 1. The summed E-state index contributed by atoms with van der Waals surface area (Å²) in [6.07, 6.45) is 0. The molecule has 0 spiro atoms. The lowest BCUT2D eigenvalue weighted by Gasteiger charge is -2.41. The Morgan fingerprint density at radius 2 is 1.46 bits per heavy atom. The summed E-state index contributed by atoms with van der Waals surface area (Å²) in [4.78, 5) is 62.9. The van der Waals surface area contributed by atoms with E-state index in [9.17, 15) is 24.0 Å².